The normalized spacial score (nSPS) is 13.4. The summed E-state index contributed by atoms with van der Waals surface area (Å²) < 4.78 is 0. The zero-order valence-electron chi connectivity index (χ0n) is 15.5. The van der Waals surface area contributed by atoms with E-state index >= 15 is 0 Å². The molecule has 0 bridgehead atoms. The second kappa shape index (κ2) is 10.2. The van der Waals surface area contributed by atoms with E-state index in [0.29, 0.717) is 23.6 Å². The van der Waals surface area contributed by atoms with E-state index in [0.717, 1.165) is 25.3 Å². The maximum absolute atomic E-state index is 12.0. The Morgan fingerprint density at radius 1 is 0.875 bits per heavy atom. The average Bonchev–Trinajstić information content (AvgIpc) is 2.78. The molecule has 0 saturated heterocycles. The van der Waals surface area contributed by atoms with E-state index in [9.17, 15) is 9.59 Å². The number of nitrogens with zero attached hydrogens (tertiary/aromatic N) is 1. The first-order valence-corrected chi connectivity index (χ1v) is 9.03. The summed E-state index contributed by atoms with van der Waals surface area (Å²) in [6.07, 6.45) is 4.37. The average molecular weight is 332 g/mol. The highest BCUT2D eigenvalue weighted by molar-refractivity contribution is 6.21. The number of imide groups is 1. The lowest BCUT2D eigenvalue weighted by molar-refractivity contribution is 0.0650. The molecule has 0 atom stereocenters. The van der Waals surface area contributed by atoms with Crippen molar-refractivity contribution in [2.24, 2.45) is 17.6 Å². The Morgan fingerprint density at radius 3 is 1.71 bits per heavy atom. The summed E-state index contributed by atoms with van der Waals surface area (Å²) in [4.78, 5) is 25.3. The van der Waals surface area contributed by atoms with Crippen molar-refractivity contribution in [2.45, 2.75) is 53.4 Å². The number of carbonyl (C=O) groups is 2. The van der Waals surface area contributed by atoms with Crippen molar-refractivity contribution in [1.29, 1.82) is 0 Å². The summed E-state index contributed by atoms with van der Waals surface area (Å²) in [7, 11) is 0. The monoisotopic (exact) mass is 332 g/mol. The molecule has 4 heteroatoms. The van der Waals surface area contributed by atoms with Crippen molar-refractivity contribution in [3.05, 3.63) is 35.4 Å². The molecule has 0 fully saturated rings. The van der Waals surface area contributed by atoms with Gasteiger partial charge >= 0.3 is 0 Å². The first-order valence-electron chi connectivity index (χ1n) is 9.03. The summed E-state index contributed by atoms with van der Waals surface area (Å²) in [5.41, 5.74) is 6.36. The fourth-order valence-corrected chi connectivity index (χ4v) is 2.63. The molecule has 1 aromatic rings. The molecule has 1 aliphatic rings. The molecule has 24 heavy (non-hydrogen) atoms. The van der Waals surface area contributed by atoms with Crippen LogP contribution in [0.25, 0.3) is 0 Å². The Morgan fingerprint density at radius 2 is 1.33 bits per heavy atom. The number of hydrogen-bond acceptors (Lipinski definition) is 3. The predicted molar refractivity (Wildman–Crippen MR) is 99.0 cm³/mol. The van der Waals surface area contributed by atoms with E-state index in [1.54, 1.807) is 24.3 Å². The van der Waals surface area contributed by atoms with Gasteiger partial charge in [0.05, 0.1) is 11.1 Å². The van der Waals surface area contributed by atoms with E-state index in [1.165, 1.54) is 17.7 Å². The third-order valence-corrected chi connectivity index (χ3v) is 4.03. The Bertz CT molecular complexity index is 503. The summed E-state index contributed by atoms with van der Waals surface area (Å²) in [5, 5.41) is 0. The van der Waals surface area contributed by atoms with Crippen molar-refractivity contribution in [2.75, 3.05) is 13.1 Å². The standard InChI is InChI=1S/C14H17NO2.C6H15N/c1-10(2)6-5-9-15-13(16)11-7-3-4-8-12(11)14(15)17;1-6(2)4-3-5-7/h3-4,7-8,10H,5-6,9H2,1-2H3;6H,3-5,7H2,1-2H3. The summed E-state index contributed by atoms with van der Waals surface area (Å²) in [6, 6.07) is 7.03. The first-order chi connectivity index (χ1) is 11.4. The Labute approximate surface area is 146 Å². The molecule has 2 amide bonds. The summed E-state index contributed by atoms with van der Waals surface area (Å²) in [5.74, 6) is 1.14. The minimum absolute atomic E-state index is 0.144. The van der Waals surface area contributed by atoms with Crippen molar-refractivity contribution in [3.8, 4) is 0 Å². The molecule has 2 rings (SSSR count). The fraction of sp³-hybridized carbons (Fsp3) is 0.600. The van der Waals surface area contributed by atoms with Gasteiger partial charge in [0, 0.05) is 6.54 Å². The molecule has 1 aromatic carbocycles. The number of amides is 2. The molecule has 0 spiro atoms. The van der Waals surface area contributed by atoms with Crippen LogP contribution < -0.4 is 5.73 Å². The van der Waals surface area contributed by atoms with Crippen LogP contribution in [0.5, 0.6) is 0 Å². The van der Waals surface area contributed by atoms with E-state index in [-0.39, 0.29) is 11.8 Å². The van der Waals surface area contributed by atoms with Gasteiger partial charge in [0.15, 0.2) is 0 Å². The molecule has 2 N–H and O–H groups in total. The van der Waals surface area contributed by atoms with Gasteiger partial charge in [-0.2, -0.15) is 0 Å². The molecule has 134 valence electrons. The zero-order chi connectivity index (χ0) is 18.1. The lowest BCUT2D eigenvalue weighted by Gasteiger charge is -2.14. The van der Waals surface area contributed by atoms with Crippen LogP contribution in [0.2, 0.25) is 0 Å². The largest absolute Gasteiger partial charge is 0.330 e. The van der Waals surface area contributed by atoms with Crippen LogP contribution in [0.3, 0.4) is 0 Å². The van der Waals surface area contributed by atoms with Crippen molar-refractivity contribution >= 4 is 11.8 Å². The number of nitrogens with two attached hydrogens (primary N) is 1. The van der Waals surface area contributed by atoms with Crippen LogP contribution in [-0.2, 0) is 0 Å². The minimum atomic E-state index is -0.144. The van der Waals surface area contributed by atoms with Crippen LogP contribution in [-0.4, -0.2) is 29.8 Å². The highest BCUT2D eigenvalue weighted by atomic mass is 16.2. The molecule has 0 radical (unpaired) electrons. The van der Waals surface area contributed by atoms with Gasteiger partial charge in [-0.1, -0.05) is 39.8 Å². The molecule has 0 aliphatic carbocycles. The van der Waals surface area contributed by atoms with Gasteiger partial charge in [0.2, 0.25) is 0 Å². The van der Waals surface area contributed by atoms with Gasteiger partial charge in [-0.05, 0) is 56.2 Å². The third-order valence-electron chi connectivity index (χ3n) is 4.03. The molecule has 0 saturated carbocycles. The van der Waals surface area contributed by atoms with Gasteiger partial charge in [-0.15, -0.1) is 0 Å². The highest BCUT2D eigenvalue weighted by Gasteiger charge is 2.34. The Balaban J connectivity index is 0.000000351. The van der Waals surface area contributed by atoms with Gasteiger partial charge in [0.1, 0.15) is 0 Å². The topological polar surface area (TPSA) is 63.4 Å². The highest BCUT2D eigenvalue weighted by Crippen LogP contribution is 2.22. The SMILES string of the molecule is CC(C)CCCN.CC(C)CCCN1C(=O)c2ccccc2C1=O. The number of benzene rings is 1. The van der Waals surface area contributed by atoms with Gasteiger partial charge in [-0.3, -0.25) is 14.5 Å². The third kappa shape index (κ3) is 6.08. The van der Waals surface area contributed by atoms with Crippen LogP contribution in [0.4, 0.5) is 0 Å². The number of carbonyl (C=O) groups excluding carboxylic acids is 2. The zero-order valence-corrected chi connectivity index (χ0v) is 15.5. The summed E-state index contributed by atoms with van der Waals surface area (Å²) in [6.45, 7) is 10.1. The first kappa shape index (κ1) is 20.4. The molecule has 1 aliphatic heterocycles. The van der Waals surface area contributed by atoms with Crippen molar-refractivity contribution in [1.82, 2.24) is 4.90 Å². The van der Waals surface area contributed by atoms with E-state index < -0.39 is 0 Å². The van der Waals surface area contributed by atoms with Gasteiger partial charge in [-0.25, -0.2) is 0 Å². The van der Waals surface area contributed by atoms with Gasteiger partial charge < -0.3 is 5.73 Å². The molecule has 1 heterocycles. The molecular formula is C20H32N2O2. The quantitative estimate of drug-likeness (QED) is 0.765. The van der Waals surface area contributed by atoms with E-state index in [4.69, 9.17) is 5.73 Å². The summed E-state index contributed by atoms with van der Waals surface area (Å²) >= 11 is 0. The van der Waals surface area contributed by atoms with Gasteiger partial charge in [0.25, 0.3) is 11.8 Å². The van der Waals surface area contributed by atoms with Crippen LogP contribution in [0.15, 0.2) is 24.3 Å². The number of rotatable bonds is 7. The van der Waals surface area contributed by atoms with Crippen LogP contribution in [0, 0.1) is 11.8 Å². The number of hydrogen-bond donors (Lipinski definition) is 1. The predicted octanol–water partition coefficient (Wildman–Crippen LogP) is 4.10. The lowest BCUT2D eigenvalue weighted by atomic mass is 10.1. The maximum atomic E-state index is 12.0. The van der Waals surface area contributed by atoms with E-state index in [1.807, 2.05) is 0 Å². The number of fused-ring (bicyclic) bond motifs is 1. The minimum Gasteiger partial charge on any atom is -0.330 e. The van der Waals surface area contributed by atoms with Crippen molar-refractivity contribution < 1.29 is 9.59 Å². The lowest BCUT2D eigenvalue weighted by Crippen LogP contribution is -2.30. The molecule has 0 aromatic heterocycles. The van der Waals surface area contributed by atoms with Crippen molar-refractivity contribution in [3.63, 3.8) is 0 Å². The smallest absolute Gasteiger partial charge is 0.261 e. The fourth-order valence-electron chi connectivity index (χ4n) is 2.63. The van der Waals surface area contributed by atoms with E-state index in [2.05, 4.69) is 27.7 Å². The molecule has 0 unspecified atom stereocenters. The van der Waals surface area contributed by atoms with Crippen LogP contribution >= 0.6 is 0 Å². The Kier molecular flexibility index (Phi) is 8.69. The van der Waals surface area contributed by atoms with Crippen LogP contribution in [0.1, 0.15) is 74.1 Å². The molecular weight excluding hydrogens is 300 g/mol. The second-order valence-corrected chi connectivity index (χ2v) is 7.17. The Hall–Kier alpha value is -1.68. The second-order valence-electron chi connectivity index (χ2n) is 7.17. The maximum Gasteiger partial charge on any atom is 0.261 e. The molecule has 4 nitrogen and oxygen atoms in total.